The van der Waals surface area contributed by atoms with E-state index in [0.717, 1.165) is 25.0 Å². The summed E-state index contributed by atoms with van der Waals surface area (Å²) < 4.78 is 56.5. The third-order valence-electron chi connectivity index (χ3n) is 3.93. The van der Waals surface area contributed by atoms with Crippen molar-refractivity contribution in [2.45, 2.75) is 32.5 Å². The first-order chi connectivity index (χ1) is 13.7. The van der Waals surface area contributed by atoms with Crippen LogP contribution in [0.1, 0.15) is 41.3 Å². The summed E-state index contributed by atoms with van der Waals surface area (Å²) in [7, 11) is 0. The average molecular weight is 412 g/mol. The predicted octanol–water partition coefficient (Wildman–Crippen LogP) is 5.12. The first kappa shape index (κ1) is 22.2. The zero-order chi connectivity index (χ0) is 21.4. The van der Waals surface area contributed by atoms with Gasteiger partial charge in [0.2, 0.25) is 0 Å². The summed E-state index contributed by atoms with van der Waals surface area (Å²) in [5.41, 5.74) is -0.478. The van der Waals surface area contributed by atoms with E-state index < -0.39 is 29.6 Å². The zero-order valence-electron chi connectivity index (χ0n) is 15.6. The standard InChI is InChI=1S/C20H20F4N2O3/c1-2-3-10-29-18(27)13-5-8-16(9-6-13)26-19(28)25-12-14-4-7-15(11-17(14)21)20(22,23)24/h4-9,11H,2-3,10,12H2,1H3,(H2,25,26,28). The Balaban J connectivity index is 1.87. The van der Waals surface area contributed by atoms with E-state index in [1.54, 1.807) is 0 Å². The number of ether oxygens (including phenoxy) is 1. The quantitative estimate of drug-likeness (QED) is 0.377. The first-order valence-electron chi connectivity index (χ1n) is 8.88. The molecule has 2 amide bonds. The molecule has 2 rings (SSSR count). The topological polar surface area (TPSA) is 67.4 Å². The van der Waals surface area contributed by atoms with Crippen LogP contribution in [0.4, 0.5) is 28.0 Å². The van der Waals surface area contributed by atoms with Gasteiger partial charge in [0.05, 0.1) is 17.7 Å². The minimum absolute atomic E-state index is 0.0849. The van der Waals surface area contributed by atoms with Crippen LogP contribution in [-0.2, 0) is 17.5 Å². The highest BCUT2D eigenvalue weighted by atomic mass is 19.4. The van der Waals surface area contributed by atoms with Crippen molar-refractivity contribution in [1.82, 2.24) is 5.32 Å². The zero-order valence-corrected chi connectivity index (χ0v) is 15.6. The SMILES string of the molecule is CCCCOC(=O)c1ccc(NC(=O)NCc2ccc(C(F)(F)F)cc2F)cc1. The van der Waals surface area contributed by atoms with Crippen LogP contribution in [0.25, 0.3) is 0 Å². The van der Waals surface area contributed by atoms with Crippen LogP contribution in [0, 0.1) is 5.82 Å². The van der Waals surface area contributed by atoms with E-state index >= 15 is 0 Å². The Kier molecular flexibility index (Phi) is 7.58. The Morgan fingerprint density at radius 1 is 1.07 bits per heavy atom. The summed E-state index contributed by atoms with van der Waals surface area (Å²) >= 11 is 0. The molecule has 5 nitrogen and oxygen atoms in total. The van der Waals surface area contributed by atoms with Crippen molar-refractivity contribution in [3.8, 4) is 0 Å². The van der Waals surface area contributed by atoms with E-state index in [9.17, 15) is 27.2 Å². The first-order valence-corrected chi connectivity index (χ1v) is 8.88. The average Bonchev–Trinajstić information content (AvgIpc) is 2.67. The molecule has 0 saturated heterocycles. The lowest BCUT2D eigenvalue weighted by atomic mass is 10.1. The molecule has 2 aromatic carbocycles. The maximum Gasteiger partial charge on any atom is 0.416 e. The molecule has 2 N–H and O–H groups in total. The molecule has 0 saturated carbocycles. The summed E-state index contributed by atoms with van der Waals surface area (Å²) in [5.74, 6) is -1.53. The van der Waals surface area contributed by atoms with Crippen LogP contribution >= 0.6 is 0 Å². The number of alkyl halides is 3. The molecule has 0 aromatic heterocycles. The van der Waals surface area contributed by atoms with Crippen LogP contribution < -0.4 is 10.6 Å². The molecule has 0 fully saturated rings. The van der Waals surface area contributed by atoms with Gasteiger partial charge in [0, 0.05) is 17.8 Å². The van der Waals surface area contributed by atoms with E-state index in [0.29, 0.717) is 23.9 Å². The van der Waals surface area contributed by atoms with Crippen molar-refractivity contribution in [1.29, 1.82) is 0 Å². The number of hydrogen-bond acceptors (Lipinski definition) is 3. The summed E-state index contributed by atoms with van der Waals surface area (Å²) in [6, 6.07) is 7.38. The second-order valence-corrected chi connectivity index (χ2v) is 6.18. The van der Waals surface area contributed by atoms with E-state index in [2.05, 4.69) is 10.6 Å². The van der Waals surface area contributed by atoms with Crippen LogP contribution in [0.3, 0.4) is 0 Å². The highest BCUT2D eigenvalue weighted by Crippen LogP contribution is 2.30. The Hall–Kier alpha value is -3.10. The minimum atomic E-state index is -4.64. The number of esters is 1. The summed E-state index contributed by atoms with van der Waals surface area (Å²) in [6.45, 7) is 2.02. The molecule has 0 atom stereocenters. The molecule has 0 aliphatic rings. The molecule has 0 aliphatic heterocycles. The van der Waals surface area contributed by atoms with Crippen LogP contribution in [0.2, 0.25) is 0 Å². The Morgan fingerprint density at radius 2 is 1.76 bits per heavy atom. The van der Waals surface area contributed by atoms with Crippen molar-refractivity contribution >= 4 is 17.7 Å². The molecule has 0 unspecified atom stereocenters. The van der Waals surface area contributed by atoms with Crippen molar-refractivity contribution in [3.05, 3.63) is 65.0 Å². The summed E-state index contributed by atoms with van der Waals surface area (Å²) in [4.78, 5) is 23.7. The third kappa shape index (κ3) is 6.78. The molecule has 2 aromatic rings. The highest BCUT2D eigenvalue weighted by molar-refractivity contribution is 5.92. The van der Waals surface area contributed by atoms with Gasteiger partial charge < -0.3 is 15.4 Å². The maximum absolute atomic E-state index is 13.8. The van der Waals surface area contributed by atoms with Crippen LogP contribution in [0.15, 0.2) is 42.5 Å². The van der Waals surface area contributed by atoms with Gasteiger partial charge >= 0.3 is 18.2 Å². The third-order valence-corrected chi connectivity index (χ3v) is 3.93. The smallest absolute Gasteiger partial charge is 0.416 e. The summed E-state index contributed by atoms with van der Waals surface area (Å²) in [5, 5.41) is 4.84. The van der Waals surface area contributed by atoms with Gasteiger partial charge in [0.15, 0.2) is 0 Å². The molecular weight excluding hydrogens is 392 g/mol. The Morgan fingerprint density at radius 3 is 2.34 bits per heavy atom. The number of amides is 2. The number of carbonyl (C=O) groups is 2. The second kappa shape index (κ2) is 9.90. The monoisotopic (exact) mass is 412 g/mol. The van der Waals surface area contributed by atoms with Crippen LogP contribution in [0.5, 0.6) is 0 Å². The number of nitrogens with one attached hydrogen (secondary N) is 2. The molecule has 29 heavy (non-hydrogen) atoms. The molecule has 0 bridgehead atoms. The molecule has 9 heteroatoms. The Bertz CT molecular complexity index is 852. The van der Waals surface area contributed by atoms with E-state index in [1.165, 1.54) is 24.3 Å². The van der Waals surface area contributed by atoms with Crippen LogP contribution in [-0.4, -0.2) is 18.6 Å². The largest absolute Gasteiger partial charge is 0.462 e. The molecule has 0 radical (unpaired) electrons. The van der Waals surface area contributed by atoms with Crippen molar-refractivity contribution < 1.29 is 31.9 Å². The number of anilines is 1. The fourth-order valence-electron chi connectivity index (χ4n) is 2.30. The second-order valence-electron chi connectivity index (χ2n) is 6.18. The number of hydrogen-bond donors (Lipinski definition) is 2. The number of rotatable bonds is 7. The lowest BCUT2D eigenvalue weighted by Crippen LogP contribution is -2.28. The van der Waals surface area contributed by atoms with E-state index in [4.69, 9.17) is 4.74 Å². The Labute approximate surface area is 165 Å². The minimum Gasteiger partial charge on any atom is -0.462 e. The summed E-state index contributed by atoms with van der Waals surface area (Å²) in [6.07, 6.45) is -2.97. The van der Waals surface area contributed by atoms with Crippen molar-refractivity contribution in [3.63, 3.8) is 0 Å². The van der Waals surface area contributed by atoms with Gasteiger partial charge in [-0.3, -0.25) is 0 Å². The van der Waals surface area contributed by atoms with Gasteiger partial charge in [-0.1, -0.05) is 19.4 Å². The number of urea groups is 1. The van der Waals surface area contributed by atoms with Gasteiger partial charge in [0.25, 0.3) is 0 Å². The molecule has 156 valence electrons. The lowest BCUT2D eigenvalue weighted by molar-refractivity contribution is -0.137. The van der Waals surface area contributed by atoms with E-state index in [1.807, 2.05) is 6.92 Å². The van der Waals surface area contributed by atoms with Gasteiger partial charge in [-0.05, 0) is 42.8 Å². The predicted molar refractivity (Wildman–Crippen MR) is 98.9 cm³/mol. The molecule has 0 heterocycles. The maximum atomic E-state index is 13.8. The number of benzene rings is 2. The van der Waals surface area contributed by atoms with Gasteiger partial charge in [-0.2, -0.15) is 13.2 Å². The highest BCUT2D eigenvalue weighted by Gasteiger charge is 2.31. The van der Waals surface area contributed by atoms with Gasteiger partial charge in [0.1, 0.15) is 5.82 Å². The fraction of sp³-hybridized carbons (Fsp3) is 0.300. The lowest BCUT2D eigenvalue weighted by Gasteiger charge is -2.11. The number of carbonyl (C=O) groups excluding carboxylic acids is 2. The van der Waals surface area contributed by atoms with Crippen molar-refractivity contribution in [2.75, 3.05) is 11.9 Å². The van der Waals surface area contributed by atoms with Crippen molar-refractivity contribution in [2.24, 2.45) is 0 Å². The van der Waals surface area contributed by atoms with Gasteiger partial charge in [-0.15, -0.1) is 0 Å². The van der Waals surface area contributed by atoms with Gasteiger partial charge in [-0.25, -0.2) is 14.0 Å². The van der Waals surface area contributed by atoms with E-state index in [-0.39, 0.29) is 12.1 Å². The fourth-order valence-corrected chi connectivity index (χ4v) is 2.30. The molecule has 0 spiro atoms. The normalized spacial score (nSPS) is 11.1. The number of halogens is 4. The molecular formula is C20H20F4N2O3. The number of unbranched alkanes of at least 4 members (excludes halogenated alkanes) is 1. The molecule has 0 aliphatic carbocycles.